The number of hydrogen-bond acceptors (Lipinski definition) is 5. The third-order valence-corrected chi connectivity index (χ3v) is 3.51. The number of phenolic OH excluding ortho intramolecular Hbond substituents is 1. The van der Waals surface area contributed by atoms with E-state index in [4.69, 9.17) is 9.47 Å². The summed E-state index contributed by atoms with van der Waals surface area (Å²) in [5.74, 6) is -0.274. The second-order valence-electron chi connectivity index (χ2n) is 5.58. The maximum atomic E-state index is 12.2. The Morgan fingerprint density at radius 1 is 1.11 bits per heavy atom. The van der Waals surface area contributed by atoms with Gasteiger partial charge in [0.2, 0.25) is 0 Å². The minimum Gasteiger partial charge on any atom is -0.508 e. The van der Waals surface area contributed by atoms with Crippen molar-refractivity contribution in [3.8, 4) is 17.2 Å². The van der Waals surface area contributed by atoms with Crippen molar-refractivity contribution in [1.29, 1.82) is 0 Å². The average molecular weight is 384 g/mol. The standard InChI is InChI=1S/C19H19F3O5/c1-2-25-18(24)10-6-14-5-7-15(23)11-17(14)26-12-13-3-8-16(9-4-13)27-19(20,21)22/h3-5,7-9,11,23H,2,6,10,12H2,1H3. The molecule has 0 aliphatic rings. The highest BCUT2D eigenvalue weighted by molar-refractivity contribution is 5.69. The Hall–Kier alpha value is -2.90. The van der Waals surface area contributed by atoms with Crippen LogP contribution in [0.15, 0.2) is 42.5 Å². The third-order valence-electron chi connectivity index (χ3n) is 3.51. The maximum Gasteiger partial charge on any atom is 0.573 e. The lowest BCUT2D eigenvalue weighted by atomic mass is 10.1. The number of phenols is 1. The summed E-state index contributed by atoms with van der Waals surface area (Å²) in [4.78, 5) is 11.5. The number of halogens is 3. The summed E-state index contributed by atoms with van der Waals surface area (Å²) < 4.78 is 50.9. The number of ether oxygens (including phenoxy) is 3. The van der Waals surface area contributed by atoms with E-state index in [2.05, 4.69) is 4.74 Å². The van der Waals surface area contributed by atoms with Gasteiger partial charge in [0.1, 0.15) is 23.9 Å². The molecule has 8 heteroatoms. The van der Waals surface area contributed by atoms with E-state index in [1.165, 1.54) is 36.4 Å². The number of aryl methyl sites for hydroxylation is 1. The van der Waals surface area contributed by atoms with Crippen molar-refractivity contribution in [3.63, 3.8) is 0 Å². The molecule has 146 valence electrons. The van der Waals surface area contributed by atoms with E-state index < -0.39 is 6.36 Å². The number of benzene rings is 2. The van der Waals surface area contributed by atoms with Crippen LogP contribution in [0.5, 0.6) is 17.2 Å². The predicted molar refractivity (Wildman–Crippen MR) is 90.5 cm³/mol. The molecule has 0 saturated heterocycles. The fourth-order valence-corrected chi connectivity index (χ4v) is 2.30. The van der Waals surface area contributed by atoms with Crippen molar-refractivity contribution in [2.24, 2.45) is 0 Å². The van der Waals surface area contributed by atoms with Gasteiger partial charge in [-0.05, 0) is 42.7 Å². The van der Waals surface area contributed by atoms with Crippen molar-refractivity contribution < 1.29 is 37.3 Å². The average Bonchev–Trinajstić information content (AvgIpc) is 2.59. The lowest BCUT2D eigenvalue weighted by Gasteiger charge is -2.13. The molecule has 0 radical (unpaired) electrons. The SMILES string of the molecule is CCOC(=O)CCc1ccc(O)cc1OCc1ccc(OC(F)(F)F)cc1. The van der Waals surface area contributed by atoms with E-state index in [9.17, 15) is 23.1 Å². The summed E-state index contributed by atoms with van der Waals surface area (Å²) in [7, 11) is 0. The van der Waals surface area contributed by atoms with Gasteiger partial charge >= 0.3 is 12.3 Å². The largest absolute Gasteiger partial charge is 0.573 e. The summed E-state index contributed by atoms with van der Waals surface area (Å²) in [6, 6.07) is 9.82. The third kappa shape index (κ3) is 7.08. The summed E-state index contributed by atoms with van der Waals surface area (Å²) in [6.45, 7) is 2.09. The molecule has 0 amide bonds. The quantitative estimate of drug-likeness (QED) is 0.685. The fraction of sp³-hybridized carbons (Fsp3) is 0.316. The van der Waals surface area contributed by atoms with Gasteiger partial charge in [-0.2, -0.15) is 0 Å². The monoisotopic (exact) mass is 384 g/mol. The molecule has 0 saturated carbocycles. The normalized spacial score (nSPS) is 11.1. The van der Waals surface area contributed by atoms with Crippen LogP contribution >= 0.6 is 0 Å². The number of carbonyl (C=O) groups is 1. The Kier molecular flexibility index (Phi) is 6.92. The molecule has 0 unspecified atom stereocenters. The van der Waals surface area contributed by atoms with Crippen LogP contribution in [0, 0.1) is 0 Å². The van der Waals surface area contributed by atoms with Gasteiger partial charge in [0, 0.05) is 12.5 Å². The topological polar surface area (TPSA) is 65.0 Å². The van der Waals surface area contributed by atoms with Crippen LogP contribution < -0.4 is 9.47 Å². The zero-order valence-corrected chi connectivity index (χ0v) is 14.6. The van der Waals surface area contributed by atoms with Gasteiger partial charge in [-0.25, -0.2) is 0 Å². The number of esters is 1. The summed E-state index contributed by atoms with van der Waals surface area (Å²) in [5, 5.41) is 9.65. The smallest absolute Gasteiger partial charge is 0.508 e. The van der Waals surface area contributed by atoms with Crippen LogP contribution in [-0.4, -0.2) is 24.0 Å². The Balaban J connectivity index is 2.00. The second-order valence-corrected chi connectivity index (χ2v) is 5.58. The van der Waals surface area contributed by atoms with Crippen molar-refractivity contribution in [2.45, 2.75) is 32.7 Å². The lowest BCUT2D eigenvalue weighted by Crippen LogP contribution is -2.17. The highest BCUT2D eigenvalue weighted by atomic mass is 19.4. The molecule has 0 aliphatic carbocycles. The van der Waals surface area contributed by atoms with Gasteiger partial charge in [-0.3, -0.25) is 4.79 Å². The molecule has 27 heavy (non-hydrogen) atoms. The van der Waals surface area contributed by atoms with E-state index in [0.29, 0.717) is 29.9 Å². The molecule has 2 rings (SSSR count). The van der Waals surface area contributed by atoms with E-state index in [1.54, 1.807) is 13.0 Å². The first-order valence-electron chi connectivity index (χ1n) is 8.22. The van der Waals surface area contributed by atoms with E-state index in [0.717, 1.165) is 0 Å². The summed E-state index contributed by atoms with van der Waals surface area (Å²) >= 11 is 0. The minimum atomic E-state index is -4.74. The van der Waals surface area contributed by atoms with Crippen molar-refractivity contribution >= 4 is 5.97 Å². The maximum absolute atomic E-state index is 12.2. The summed E-state index contributed by atoms with van der Waals surface area (Å²) in [5.41, 5.74) is 1.32. The molecular formula is C19H19F3O5. The second kappa shape index (κ2) is 9.16. The van der Waals surface area contributed by atoms with Crippen LogP contribution in [0.4, 0.5) is 13.2 Å². The highest BCUT2D eigenvalue weighted by Gasteiger charge is 2.30. The van der Waals surface area contributed by atoms with Crippen LogP contribution in [0.1, 0.15) is 24.5 Å². The van der Waals surface area contributed by atoms with Gasteiger partial charge in [-0.15, -0.1) is 13.2 Å². The van der Waals surface area contributed by atoms with Gasteiger partial charge in [0.25, 0.3) is 0 Å². The van der Waals surface area contributed by atoms with Crippen LogP contribution in [0.3, 0.4) is 0 Å². The molecule has 2 aromatic carbocycles. The number of carbonyl (C=O) groups excluding carboxylic acids is 1. The Labute approximate surface area is 154 Å². The first-order chi connectivity index (χ1) is 12.8. The first-order valence-corrected chi connectivity index (χ1v) is 8.22. The molecule has 0 heterocycles. The van der Waals surface area contributed by atoms with Crippen LogP contribution in [-0.2, 0) is 22.6 Å². The van der Waals surface area contributed by atoms with Gasteiger partial charge in [0.15, 0.2) is 0 Å². The molecular weight excluding hydrogens is 365 g/mol. The van der Waals surface area contributed by atoms with Crippen LogP contribution in [0.25, 0.3) is 0 Å². The zero-order valence-electron chi connectivity index (χ0n) is 14.6. The van der Waals surface area contributed by atoms with Gasteiger partial charge in [-0.1, -0.05) is 18.2 Å². The zero-order chi connectivity index (χ0) is 19.9. The molecule has 0 aliphatic heterocycles. The number of hydrogen-bond donors (Lipinski definition) is 1. The van der Waals surface area contributed by atoms with Gasteiger partial charge < -0.3 is 19.3 Å². The molecule has 1 N–H and O–H groups in total. The number of rotatable bonds is 8. The van der Waals surface area contributed by atoms with Crippen molar-refractivity contribution in [3.05, 3.63) is 53.6 Å². The molecule has 0 fully saturated rings. The molecule has 5 nitrogen and oxygen atoms in total. The fourth-order valence-electron chi connectivity index (χ4n) is 2.30. The molecule has 0 aromatic heterocycles. The number of alkyl halides is 3. The summed E-state index contributed by atoms with van der Waals surface area (Å²) in [6.07, 6.45) is -4.21. The van der Waals surface area contributed by atoms with Crippen LogP contribution in [0.2, 0.25) is 0 Å². The predicted octanol–water partition coefficient (Wildman–Crippen LogP) is 4.37. The highest BCUT2D eigenvalue weighted by Crippen LogP contribution is 2.27. The van der Waals surface area contributed by atoms with Crippen molar-refractivity contribution in [1.82, 2.24) is 0 Å². The first kappa shape index (κ1) is 20.4. The number of aromatic hydroxyl groups is 1. The van der Waals surface area contributed by atoms with Gasteiger partial charge in [0.05, 0.1) is 6.61 Å². The molecule has 0 bridgehead atoms. The lowest BCUT2D eigenvalue weighted by molar-refractivity contribution is -0.274. The Morgan fingerprint density at radius 3 is 2.44 bits per heavy atom. The Morgan fingerprint density at radius 2 is 1.81 bits per heavy atom. The van der Waals surface area contributed by atoms with Crippen molar-refractivity contribution in [2.75, 3.05) is 6.61 Å². The molecule has 0 atom stereocenters. The van der Waals surface area contributed by atoms with E-state index in [1.807, 2.05) is 0 Å². The molecule has 2 aromatic rings. The van der Waals surface area contributed by atoms with E-state index >= 15 is 0 Å². The minimum absolute atomic E-state index is 0.00110. The van der Waals surface area contributed by atoms with E-state index in [-0.39, 0.29) is 30.5 Å². The Bertz CT molecular complexity index is 757. The molecule has 0 spiro atoms.